The summed E-state index contributed by atoms with van der Waals surface area (Å²) in [6.45, 7) is 0. The molecule has 0 bridgehead atoms. The van der Waals surface area contributed by atoms with E-state index in [2.05, 4.69) is 0 Å². The van der Waals surface area contributed by atoms with Crippen molar-refractivity contribution in [2.75, 3.05) is 0 Å². The summed E-state index contributed by atoms with van der Waals surface area (Å²) in [4.78, 5) is 10.6. The third kappa shape index (κ3) is 3.30. The van der Waals surface area contributed by atoms with Crippen molar-refractivity contribution in [1.82, 2.24) is 0 Å². The van der Waals surface area contributed by atoms with E-state index in [0.29, 0.717) is 10.8 Å². The number of carbonyl (C=O) groups is 1. The lowest BCUT2D eigenvalue weighted by molar-refractivity contribution is -0.137. The molecule has 0 unspecified atom stereocenters. The third-order valence-electron chi connectivity index (χ3n) is 2.49. The van der Waals surface area contributed by atoms with Crippen LogP contribution in [0.5, 0.6) is 11.5 Å². The van der Waals surface area contributed by atoms with Gasteiger partial charge in [-0.3, -0.25) is 4.79 Å². The number of benzene rings is 2. The minimum Gasteiger partial charge on any atom is -0.457 e. The van der Waals surface area contributed by atoms with E-state index in [9.17, 15) is 18.0 Å². The topological polar surface area (TPSA) is 26.3 Å². The Bertz CT molecular complexity index is 639. The molecule has 0 saturated carbocycles. The second-order valence-electron chi connectivity index (χ2n) is 3.92. The molecule has 0 saturated heterocycles. The quantitative estimate of drug-likeness (QED) is 0.749. The molecular formula is C14H8ClF3O2. The summed E-state index contributed by atoms with van der Waals surface area (Å²) >= 11 is 5.76. The van der Waals surface area contributed by atoms with Gasteiger partial charge in [0.2, 0.25) is 0 Å². The number of hydrogen-bond donors (Lipinski definition) is 0. The largest absolute Gasteiger partial charge is 0.457 e. The van der Waals surface area contributed by atoms with Crippen LogP contribution >= 0.6 is 11.6 Å². The molecule has 0 spiro atoms. The molecule has 20 heavy (non-hydrogen) atoms. The van der Waals surface area contributed by atoms with Gasteiger partial charge in [-0.25, -0.2) is 0 Å². The second-order valence-corrected chi connectivity index (χ2v) is 4.36. The highest BCUT2D eigenvalue weighted by Gasteiger charge is 2.33. The highest BCUT2D eigenvalue weighted by atomic mass is 35.5. The average Bonchev–Trinajstić information content (AvgIpc) is 2.37. The monoisotopic (exact) mass is 300 g/mol. The molecular weight excluding hydrogens is 293 g/mol. The van der Waals surface area contributed by atoms with Crippen molar-refractivity contribution < 1.29 is 22.7 Å². The fourth-order valence-corrected chi connectivity index (χ4v) is 1.79. The lowest BCUT2D eigenvalue weighted by Crippen LogP contribution is -2.09. The predicted molar refractivity (Wildman–Crippen MR) is 68.4 cm³/mol. The molecule has 2 rings (SSSR count). The molecule has 0 atom stereocenters. The van der Waals surface area contributed by atoms with Gasteiger partial charge in [0, 0.05) is 10.6 Å². The van der Waals surface area contributed by atoms with E-state index in [1.54, 1.807) is 18.2 Å². The van der Waals surface area contributed by atoms with Crippen LogP contribution in [0, 0.1) is 0 Å². The Hall–Kier alpha value is -2.01. The van der Waals surface area contributed by atoms with Gasteiger partial charge in [0.05, 0.1) is 5.56 Å². The van der Waals surface area contributed by atoms with E-state index >= 15 is 0 Å². The summed E-state index contributed by atoms with van der Waals surface area (Å²) in [5.74, 6) is 0.287. The van der Waals surface area contributed by atoms with Crippen LogP contribution < -0.4 is 4.74 Å². The number of aldehydes is 1. The van der Waals surface area contributed by atoms with Crippen molar-refractivity contribution in [1.29, 1.82) is 0 Å². The minimum atomic E-state index is -4.62. The molecule has 0 aromatic heterocycles. The first-order chi connectivity index (χ1) is 9.40. The molecule has 2 aromatic rings. The van der Waals surface area contributed by atoms with Gasteiger partial charge in [0.25, 0.3) is 0 Å². The van der Waals surface area contributed by atoms with Crippen LogP contribution in [-0.4, -0.2) is 6.29 Å². The molecule has 0 N–H and O–H groups in total. The average molecular weight is 301 g/mol. The van der Waals surface area contributed by atoms with Crippen molar-refractivity contribution in [3.63, 3.8) is 0 Å². The lowest BCUT2D eigenvalue weighted by atomic mass is 10.1. The molecule has 104 valence electrons. The van der Waals surface area contributed by atoms with Crippen molar-refractivity contribution in [2.24, 2.45) is 0 Å². The first-order valence-electron chi connectivity index (χ1n) is 5.50. The lowest BCUT2D eigenvalue weighted by Gasteiger charge is -2.12. The molecule has 0 radical (unpaired) electrons. The van der Waals surface area contributed by atoms with Gasteiger partial charge in [-0.05, 0) is 36.4 Å². The van der Waals surface area contributed by atoms with Crippen LogP contribution in [0.3, 0.4) is 0 Å². The summed E-state index contributed by atoms with van der Waals surface area (Å²) in [7, 11) is 0. The zero-order valence-electron chi connectivity index (χ0n) is 9.95. The number of hydrogen-bond acceptors (Lipinski definition) is 2. The molecule has 0 aliphatic heterocycles. The first-order valence-corrected chi connectivity index (χ1v) is 5.88. The van der Waals surface area contributed by atoms with E-state index < -0.39 is 17.3 Å². The van der Waals surface area contributed by atoms with Gasteiger partial charge < -0.3 is 4.74 Å². The van der Waals surface area contributed by atoms with Gasteiger partial charge in [0.1, 0.15) is 11.5 Å². The Morgan fingerprint density at radius 3 is 2.35 bits per heavy atom. The molecule has 0 aliphatic carbocycles. The number of ether oxygens (including phenoxy) is 1. The predicted octanol–water partition coefficient (Wildman–Crippen LogP) is 4.96. The van der Waals surface area contributed by atoms with E-state index in [1.165, 1.54) is 12.1 Å². The van der Waals surface area contributed by atoms with Crippen LogP contribution in [0.1, 0.15) is 15.9 Å². The summed E-state index contributed by atoms with van der Waals surface area (Å²) in [6, 6.07) is 9.41. The maximum atomic E-state index is 12.8. The van der Waals surface area contributed by atoms with Crippen LogP contribution in [0.4, 0.5) is 13.2 Å². The van der Waals surface area contributed by atoms with E-state index in [4.69, 9.17) is 16.3 Å². The summed E-state index contributed by atoms with van der Waals surface area (Å²) in [6.07, 6.45) is -4.46. The Morgan fingerprint density at radius 2 is 1.75 bits per heavy atom. The number of alkyl halides is 3. The van der Waals surface area contributed by atoms with Gasteiger partial charge in [-0.15, -0.1) is 0 Å². The van der Waals surface area contributed by atoms with Crippen LogP contribution in [-0.2, 0) is 6.18 Å². The number of carbonyl (C=O) groups excluding carboxylic acids is 1. The van der Waals surface area contributed by atoms with Gasteiger partial charge >= 0.3 is 6.18 Å². The van der Waals surface area contributed by atoms with E-state index in [1.807, 2.05) is 0 Å². The molecule has 2 nitrogen and oxygen atoms in total. The maximum Gasteiger partial charge on any atom is 0.417 e. The molecule has 6 heteroatoms. The highest BCUT2D eigenvalue weighted by Crippen LogP contribution is 2.35. The van der Waals surface area contributed by atoms with Crippen LogP contribution in [0.2, 0.25) is 5.02 Å². The second kappa shape index (κ2) is 5.54. The standard InChI is InChI=1S/C14H8ClF3O2/c15-10-2-1-3-11(6-10)20-12-5-4-9(8-19)13(7-12)14(16,17)18/h1-8H. The van der Waals surface area contributed by atoms with E-state index in [0.717, 1.165) is 12.1 Å². The van der Waals surface area contributed by atoms with Crippen molar-refractivity contribution in [3.8, 4) is 11.5 Å². The molecule has 0 fully saturated rings. The molecule has 0 amide bonds. The SMILES string of the molecule is O=Cc1ccc(Oc2cccc(Cl)c2)cc1C(F)(F)F. The van der Waals surface area contributed by atoms with Gasteiger partial charge in [-0.2, -0.15) is 13.2 Å². The van der Waals surface area contributed by atoms with Crippen molar-refractivity contribution in [3.05, 3.63) is 58.6 Å². The molecule has 2 aromatic carbocycles. The summed E-state index contributed by atoms with van der Waals surface area (Å²) in [5.41, 5.74) is -1.47. The van der Waals surface area contributed by atoms with Crippen molar-refractivity contribution >= 4 is 17.9 Å². The smallest absolute Gasteiger partial charge is 0.417 e. The zero-order valence-corrected chi connectivity index (χ0v) is 10.7. The Labute approximate surface area is 117 Å². The molecule has 0 heterocycles. The van der Waals surface area contributed by atoms with E-state index in [-0.39, 0.29) is 12.0 Å². The fraction of sp³-hybridized carbons (Fsp3) is 0.0714. The Morgan fingerprint density at radius 1 is 1.05 bits per heavy atom. The first kappa shape index (κ1) is 14.4. The molecule has 0 aliphatic rings. The zero-order chi connectivity index (χ0) is 14.8. The Kier molecular flexibility index (Phi) is 3.99. The van der Waals surface area contributed by atoms with Crippen LogP contribution in [0.15, 0.2) is 42.5 Å². The number of rotatable bonds is 3. The van der Waals surface area contributed by atoms with Crippen LogP contribution in [0.25, 0.3) is 0 Å². The fourth-order valence-electron chi connectivity index (χ4n) is 1.61. The van der Waals surface area contributed by atoms with Gasteiger partial charge in [0.15, 0.2) is 6.29 Å². The summed E-state index contributed by atoms with van der Waals surface area (Å²) < 4.78 is 43.6. The summed E-state index contributed by atoms with van der Waals surface area (Å²) in [5, 5.41) is 0.406. The Balaban J connectivity index is 2.37. The maximum absolute atomic E-state index is 12.8. The third-order valence-corrected chi connectivity index (χ3v) is 2.72. The van der Waals surface area contributed by atoms with Crippen molar-refractivity contribution in [2.45, 2.75) is 6.18 Å². The normalized spacial score (nSPS) is 11.2. The highest BCUT2D eigenvalue weighted by molar-refractivity contribution is 6.30. The van der Waals surface area contributed by atoms with Gasteiger partial charge in [-0.1, -0.05) is 17.7 Å². The number of halogens is 4. The minimum absolute atomic E-state index is 0.0230.